The molecule has 6 saturated heterocycles. The summed E-state index contributed by atoms with van der Waals surface area (Å²) in [6, 6.07) is -1.13. The first-order valence-corrected chi connectivity index (χ1v) is 34.0. The Hall–Kier alpha value is -5.07. The maximum Gasteiger partial charge on any atom is 0.407 e. The number of ketones is 1. The zero-order chi connectivity index (χ0) is 69.1. The van der Waals surface area contributed by atoms with Gasteiger partial charge in [0.2, 0.25) is 11.3 Å². The molecule has 7 fully saturated rings. The summed E-state index contributed by atoms with van der Waals surface area (Å²) in [7, 11) is 1.15. The minimum Gasteiger partial charge on any atom is -0.511 e. The molecular weight excluding hydrogens is 1240 g/mol. The molecule has 6 heterocycles. The number of ether oxygens (including phenoxy) is 13. The zero-order valence-electron chi connectivity index (χ0n) is 57.0. The number of allylic oxidation sites excluding steroid dienone is 3. The number of rotatable bonds is 15. The van der Waals surface area contributed by atoms with Gasteiger partial charge in [-0.25, -0.2) is 9.59 Å². The Kier molecular flexibility index (Phi) is 22.2. The topological polar surface area (TPSA) is 341 Å². The van der Waals surface area contributed by atoms with Gasteiger partial charge in [-0.05, 0) is 109 Å². The average Bonchev–Trinajstić information content (AvgIpc) is 1.52. The lowest BCUT2D eigenvalue weighted by atomic mass is 9.49. The highest BCUT2D eigenvalue weighted by atomic mass is 16.8. The van der Waals surface area contributed by atoms with Gasteiger partial charge in [-0.15, -0.1) is 0 Å². The summed E-state index contributed by atoms with van der Waals surface area (Å²) < 4.78 is 82.1. The molecule has 1 saturated carbocycles. The third-order valence-corrected chi connectivity index (χ3v) is 22.1. The molecule has 29 atom stereocenters. The number of esters is 2. The molecule has 0 unspecified atom stereocenters. The van der Waals surface area contributed by atoms with E-state index in [0.717, 1.165) is 7.11 Å². The van der Waals surface area contributed by atoms with Crippen molar-refractivity contribution in [2.24, 2.45) is 46.8 Å². The number of alkyl carbamates (subject to hydrolysis) is 1. The lowest BCUT2D eigenvalue weighted by Gasteiger charge is -2.56. The van der Waals surface area contributed by atoms with E-state index in [2.05, 4.69) is 25.2 Å². The van der Waals surface area contributed by atoms with Crippen molar-refractivity contribution in [3.05, 3.63) is 68.5 Å². The van der Waals surface area contributed by atoms with Crippen LogP contribution in [0.15, 0.2) is 58.4 Å². The number of aliphatic hydroxyl groups is 4. The Morgan fingerprint density at radius 3 is 2.01 bits per heavy atom. The zero-order valence-corrected chi connectivity index (χ0v) is 57.0. The van der Waals surface area contributed by atoms with Crippen LogP contribution >= 0.6 is 0 Å². The van der Waals surface area contributed by atoms with Crippen LogP contribution in [0, 0.1) is 57.0 Å². The summed E-state index contributed by atoms with van der Waals surface area (Å²) in [5.74, 6) is -6.86. The molecule has 26 heteroatoms. The maximum atomic E-state index is 15.6. The largest absolute Gasteiger partial charge is 0.511 e. The van der Waals surface area contributed by atoms with Gasteiger partial charge in [0, 0.05) is 61.2 Å². The van der Waals surface area contributed by atoms with Crippen LogP contribution in [0.1, 0.15) is 154 Å². The first-order valence-electron chi connectivity index (χ1n) is 34.0. The van der Waals surface area contributed by atoms with Crippen molar-refractivity contribution >= 4 is 30.1 Å². The molecule has 5 N–H and O–H groups in total. The van der Waals surface area contributed by atoms with Crippen LogP contribution < -0.4 is 5.32 Å². The van der Waals surface area contributed by atoms with Crippen LogP contribution in [0.2, 0.25) is 0 Å². The van der Waals surface area contributed by atoms with Crippen molar-refractivity contribution < 1.29 is 111 Å². The van der Waals surface area contributed by atoms with Crippen LogP contribution in [-0.4, -0.2) is 197 Å². The van der Waals surface area contributed by atoms with Gasteiger partial charge >= 0.3 is 18.0 Å². The number of aldehydes is 1. The summed E-state index contributed by atoms with van der Waals surface area (Å²) in [6.45, 7) is 23.3. The van der Waals surface area contributed by atoms with E-state index < -0.39 is 216 Å². The fourth-order valence-corrected chi connectivity index (χ4v) is 17.0. The Bertz CT molecular complexity index is 3010. The predicted octanol–water partition coefficient (Wildman–Crippen LogP) is 7.00. The molecule has 0 aromatic rings. The van der Waals surface area contributed by atoms with Gasteiger partial charge in [-0.2, -0.15) is 0 Å². The van der Waals surface area contributed by atoms with E-state index in [4.69, 9.17) is 61.6 Å². The molecule has 1 amide bonds. The fourth-order valence-electron chi connectivity index (χ4n) is 17.0. The standard InChI is InChI=1S/C69H100N2O24/c1-31(2)64(78)94-60-39(10)87-54(27-50(60)91-51-22-20-49(37(8)85-51)90-53-26-47(75)59(38(9)86-53)92-52-21-18-45(73)36(7)84-52)93-58-35(6)23-34(5)57-42(58)16-17-43-32(3)15-19-48(89-55-29-67(12,71(81)82)61(40(11)88-55)70-66(80)83-14)33(4)24-44-46(74)25-41(30-72)28-69(44)63(77)56(65(79)95-69)62(76)68(43,57)13/h15-17,24-25,30-31,34-40,42-55,57-61,73-76H,18-23,26-29H2,1-14H3,(H,70,80)/b32-15+,33-24?,62-56?/t34-,35-,36-,37-,38-,39-,40+,42-,43-,44+,45+,46-,47+,48-,49+,50+,51-,52-,53+,54+,55-,57+,58-,59-,60-,61-,67-,68+,69-/m0/s1. The van der Waals surface area contributed by atoms with E-state index in [0.29, 0.717) is 49.5 Å². The number of carbonyl (C=O) groups is 5. The second kappa shape index (κ2) is 29.0. The van der Waals surface area contributed by atoms with Gasteiger partial charge < -0.3 is 87.3 Å². The van der Waals surface area contributed by atoms with Gasteiger partial charge in [0.15, 0.2) is 43.2 Å². The summed E-state index contributed by atoms with van der Waals surface area (Å²) in [6.07, 6.45) is -4.28. The quantitative estimate of drug-likeness (QED) is 0.0209. The van der Waals surface area contributed by atoms with E-state index in [9.17, 15) is 49.7 Å². The van der Waals surface area contributed by atoms with E-state index in [1.54, 1.807) is 47.6 Å². The molecule has 1 spiro atoms. The number of nitrogens with one attached hydrogen (secondary N) is 1. The molecule has 10 aliphatic rings. The van der Waals surface area contributed by atoms with Crippen molar-refractivity contribution in [1.29, 1.82) is 0 Å². The van der Waals surface area contributed by atoms with Gasteiger partial charge in [0.1, 0.15) is 35.9 Å². The van der Waals surface area contributed by atoms with E-state index >= 15 is 4.79 Å². The minimum absolute atomic E-state index is 0.00174. The first-order chi connectivity index (χ1) is 44.8. The van der Waals surface area contributed by atoms with Gasteiger partial charge in [0.05, 0.1) is 92.5 Å². The summed E-state index contributed by atoms with van der Waals surface area (Å²) >= 11 is 0. The summed E-state index contributed by atoms with van der Waals surface area (Å²) in [5, 5.41) is 62.1. The number of nitrogens with zero attached hydrogens (tertiary/aromatic N) is 1. The number of fused-ring (bicyclic) bond motifs is 4. The van der Waals surface area contributed by atoms with Crippen LogP contribution in [0.3, 0.4) is 0 Å². The van der Waals surface area contributed by atoms with Crippen molar-refractivity contribution in [3.63, 3.8) is 0 Å². The second-order valence-corrected chi connectivity index (χ2v) is 29.2. The monoisotopic (exact) mass is 1340 g/mol. The SMILES string of the molecule is COC(=O)N[C@H]1[C@@H](C)O[C@@H](O[C@H]2C/C=C(\C)[C@@H]3C=C[C@@H]4[C@@H](O[C@@H]5C[C@@H](O[C@H]6CC[C@@H](O[C@@H]7C[C@@H](O)[C@@H](O[C@H]8CC[C@@H](O)[C@H](C)O8)[C@H](C)O7)[C@H](C)O6)[C@@H](OC(=O)C(C)C)[C@H](C)O5)[C@@H](C)C[C@H](C)[C@H]4[C@]3(C)C(O)=C3C(=O)O[C@]4(CC(C=O)=C[C@H](O)[C@H]4C=C2C)C3=O)C[C@]1(C)[N+](=O)[O-]. The van der Waals surface area contributed by atoms with Gasteiger partial charge in [-0.1, -0.05) is 64.5 Å². The van der Waals surface area contributed by atoms with E-state index in [1.165, 1.54) is 13.0 Å². The number of nitro groups is 1. The molecule has 95 heavy (non-hydrogen) atoms. The Balaban J connectivity index is 0.914. The molecule has 26 nitrogen and oxygen atoms in total. The van der Waals surface area contributed by atoms with Crippen LogP contribution in [0.25, 0.3) is 0 Å². The lowest BCUT2D eigenvalue weighted by molar-refractivity contribution is -0.584. The molecular formula is C69H100N2O24. The number of hydrogen-bond donors (Lipinski definition) is 5. The predicted molar refractivity (Wildman–Crippen MR) is 334 cm³/mol. The smallest absolute Gasteiger partial charge is 0.407 e. The molecule has 0 radical (unpaired) electrons. The molecule has 530 valence electrons. The maximum absolute atomic E-state index is 15.6. The van der Waals surface area contributed by atoms with Crippen LogP contribution in [-0.2, 0) is 80.8 Å². The fraction of sp³-hybridized carbons (Fsp3) is 0.783. The number of Topliss-reactive ketones (excluding diaryl/α,β-unsaturated/α-hetero) is 1. The number of aliphatic hydroxyl groups excluding tert-OH is 4. The van der Waals surface area contributed by atoms with Crippen molar-refractivity contribution in [1.82, 2.24) is 5.32 Å². The number of methoxy groups -OCH3 is 1. The minimum atomic E-state index is -2.20. The number of amides is 1. The van der Waals surface area contributed by atoms with Gasteiger partial charge in [-0.3, -0.25) is 24.5 Å². The van der Waals surface area contributed by atoms with Gasteiger partial charge in [0.25, 0.3) is 0 Å². The second-order valence-electron chi connectivity index (χ2n) is 29.2. The van der Waals surface area contributed by atoms with Crippen molar-refractivity contribution in [3.8, 4) is 0 Å². The van der Waals surface area contributed by atoms with Crippen molar-refractivity contribution in [2.75, 3.05) is 7.11 Å². The Morgan fingerprint density at radius 2 is 1.36 bits per heavy atom. The highest BCUT2D eigenvalue weighted by molar-refractivity contribution is 6.26. The lowest BCUT2D eigenvalue weighted by Crippen LogP contribution is -2.65. The molecule has 6 aliphatic heterocycles. The summed E-state index contributed by atoms with van der Waals surface area (Å²) in [4.78, 5) is 81.3. The Morgan fingerprint density at radius 1 is 0.726 bits per heavy atom. The third-order valence-electron chi connectivity index (χ3n) is 22.1. The van der Waals surface area contributed by atoms with Crippen LogP contribution in [0.5, 0.6) is 0 Å². The average molecular weight is 1340 g/mol. The summed E-state index contributed by atoms with van der Waals surface area (Å²) in [5.41, 5.74) is -4.92. The normalized spacial score (nSPS) is 46.1. The van der Waals surface area contributed by atoms with E-state index in [1.807, 2.05) is 39.8 Å². The first kappa shape index (κ1) is 72.7. The highest BCUT2D eigenvalue weighted by Gasteiger charge is 2.65. The Labute approximate surface area is 555 Å². The molecule has 10 rings (SSSR count). The van der Waals surface area contributed by atoms with Crippen LogP contribution in [0.4, 0.5) is 4.79 Å². The number of carbonyl (C=O) groups excluding carboxylic acids is 5. The molecule has 2 bridgehead atoms. The van der Waals surface area contributed by atoms with E-state index in [-0.39, 0.29) is 43.1 Å². The molecule has 4 aliphatic carbocycles. The van der Waals surface area contributed by atoms with Crippen molar-refractivity contribution in [2.45, 2.75) is 288 Å². The molecule has 0 aromatic heterocycles. The number of hydrogen-bond acceptors (Lipinski definition) is 24. The highest BCUT2D eigenvalue weighted by Crippen LogP contribution is 2.61. The molecule has 0 aromatic carbocycles. The third kappa shape index (κ3) is 14.4.